The fourth-order valence-corrected chi connectivity index (χ4v) is 4.46. The van der Waals surface area contributed by atoms with E-state index >= 15 is 0 Å². The van der Waals surface area contributed by atoms with Crippen molar-refractivity contribution < 1.29 is 4.79 Å². The topological polar surface area (TPSA) is 60.0 Å². The van der Waals surface area contributed by atoms with Gasteiger partial charge in [-0.25, -0.2) is 4.99 Å². The number of carbonyl (C=O) groups excluding carboxylic acids is 1. The quantitative estimate of drug-likeness (QED) is 0.518. The van der Waals surface area contributed by atoms with Crippen LogP contribution in [0.4, 0.5) is 5.69 Å². The molecule has 0 aliphatic carbocycles. The number of aliphatic imine (C=N–C) groups is 1. The molecular formula is C26H35N5O. The third-order valence-corrected chi connectivity index (χ3v) is 6.26. The highest BCUT2D eigenvalue weighted by Crippen LogP contribution is 2.22. The maximum atomic E-state index is 11.9. The van der Waals surface area contributed by atoms with Gasteiger partial charge in [0.1, 0.15) is 0 Å². The monoisotopic (exact) mass is 433 g/mol. The van der Waals surface area contributed by atoms with Gasteiger partial charge >= 0.3 is 0 Å². The van der Waals surface area contributed by atoms with E-state index in [0.717, 1.165) is 69.2 Å². The van der Waals surface area contributed by atoms with Gasteiger partial charge in [0.25, 0.3) is 0 Å². The minimum absolute atomic E-state index is 0.226. The summed E-state index contributed by atoms with van der Waals surface area (Å²) in [6.45, 7) is 7.62. The van der Waals surface area contributed by atoms with Gasteiger partial charge in [0.05, 0.1) is 6.54 Å². The Labute approximate surface area is 191 Å². The molecule has 0 aromatic heterocycles. The van der Waals surface area contributed by atoms with Gasteiger partial charge in [-0.05, 0) is 49.4 Å². The van der Waals surface area contributed by atoms with Crippen LogP contribution in [0.15, 0.2) is 59.6 Å². The van der Waals surface area contributed by atoms with E-state index in [1.165, 1.54) is 5.56 Å². The van der Waals surface area contributed by atoms with Crippen molar-refractivity contribution in [2.24, 2.45) is 4.99 Å². The summed E-state index contributed by atoms with van der Waals surface area (Å²) in [7, 11) is 0. The summed E-state index contributed by atoms with van der Waals surface area (Å²) in [5.74, 6) is 1.11. The first-order valence-electron chi connectivity index (χ1n) is 11.9. The lowest BCUT2D eigenvalue weighted by molar-refractivity contribution is -0.117. The molecule has 2 aliphatic rings. The third kappa shape index (κ3) is 6.10. The van der Waals surface area contributed by atoms with Crippen LogP contribution in [0.5, 0.6) is 0 Å². The Hall–Kier alpha value is -2.86. The fourth-order valence-electron chi connectivity index (χ4n) is 4.46. The number of nitrogens with one attached hydrogen (secondary N) is 2. The molecule has 6 nitrogen and oxygen atoms in total. The summed E-state index contributed by atoms with van der Waals surface area (Å²) in [6, 6.07) is 19.4. The Kier molecular flexibility index (Phi) is 7.77. The maximum absolute atomic E-state index is 11.9. The van der Waals surface area contributed by atoms with Crippen LogP contribution in [-0.2, 0) is 17.9 Å². The van der Waals surface area contributed by atoms with E-state index < -0.39 is 0 Å². The van der Waals surface area contributed by atoms with E-state index in [1.807, 2.05) is 17.0 Å². The van der Waals surface area contributed by atoms with Crippen LogP contribution in [0.25, 0.3) is 0 Å². The first-order valence-corrected chi connectivity index (χ1v) is 11.9. The second-order valence-corrected chi connectivity index (χ2v) is 8.69. The number of carbonyl (C=O) groups is 1. The molecule has 32 heavy (non-hydrogen) atoms. The molecule has 4 rings (SSSR count). The SMILES string of the molecule is CCNC(=NCc1ccc(N2CCCC2=O)cc1)NC1CCN(Cc2ccccc2)CC1. The Morgan fingerprint density at radius 1 is 1.00 bits per heavy atom. The van der Waals surface area contributed by atoms with E-state index in [-0.39, 0.29) is 5.91 Å². The summed E-state index contributed by atoms with van der Waals surface area (Å²) in [4.78, 5) is 21.1. The first kappa shape index (κ1) is 22.3. The van der Waals surface area contributed by atoms with Gasteiger partial charge in [-0.2, -0.15) is 0 Å². The average molecular weight is 434 g/mol. The lowest BCUT2D eigenvalue weighted by atomic mass is 10.0. The van der Waals surface area contributed by atoms with Crippen molar-refractivity contribution in [1.29, 1.82) is 0 Å². The molecule has 0 unspecified atom stereocenters. The zero-order valence-electron chi connectivity index (χ0n) is 19.1. The summed E-state index contributed by atoms with van der Waals surface area (Å²) < 4.78 is 0. The van der Waals surface area contributed by atoms with Gasteiger partial charge in [0.2, 0.25) is 5.91 Å². The zero-order chi connectivity index (χ0) is 22.2. The highest BCUT2D eigenvalue weighted by atomic mass is 16.2. The lowest BCUT2D eigenvalue weighted by Gasteiger charge is -2.33. The predicted octanol–water partition coefficient (Wildman–Crippen LogP) is 3.53. The first-order chi connectivity index (χ1) is 15.7. The molecule has 0 radical (unpaired) electrons. The molecule has 0 spiro atoms. The number of rotatable bonds is 7. The molecule has 0 bridgehead atoms. The summed E-state index contributed by atoms with van der Waals surface area (Å²) in [5.41, 5.74) is 3.52. The molecule has 0 atom stereocenters. The van der Waals surface area contributed by atoms with Gasteiger partial charge in [0.15, 0.2) is 5.96 Å². The van der Waals surface area contributed by atoms with Crippen molar-refractivity contribution in [2.45, 2.75) is 51.7 Å². The van der Waals surface area contributed by atoms with Crippen LogP contribution in [0, 0.1) is 0 Å². The Bertz CT molecular complexity index is 888. The Morgan fingerprint density at radius 2 is 1.75 bits per heavy atom. The molecule has 2 aromatic carbocycles. The largest absolute Gasteiger partial charge is 0.357 e. The van der Waals surface area contributed by atoms with Crippen LogP contribution < -0.4 is 15.5 Å². The molecule has 2 N–H and O–H groups in total. The van der Waals surface area contributed by atoms with Crippen molar-refractivity contribution in [3.8, 4) is 0 Å². The number of nitrogens with zero attached hydrogens (tertiary/aromatic N) is 3. The van der Waals surface area contributed by atoms with Gasteiger partial charge < -0.3 is 15.5 Å². The normalized spacial score (nSPS) is 18.2. The molecule has 2 heterocycles. The van der Waals surface area contributed by atoms with Crippen LogP contribution >= 0.6 is 0 Å². The molecule has 6 heteroatoms. The minimum Gasteiger partial charge on any atom is -0.357 e. The second-order valence-electron chi connectivity index (χ2n) is 8.69. The van der Waals surface area contributed by atoms with Crippen molar-refractivity contribution in [3.05, 3.63) is 65.7 Å². The number of guanidine groups is 1. The molecule has 1 amide bonds. The smallest absolute Gasteiger partial charge is 0.227 e. The van der Waals surface area contributed by atoms with E-state index in [1.54, 1.807) is 0 Å². The van der Waals surface area contributed by atoms with Crippen LogP contribution in [0.3, 0.4) is 0 Å². The van der Waals surface area contributed by atoms with Gasteiger partial charge in [-0.15, -0.1) is 0 Å². The molecule has 0 saturated carbocycles. The number of hydrogen-bond acceptors (Lipinski definition) is 3. The van der Waals surface area contributed by atoms with Gasteiger partial charge in [-0.1, -0.05) is 42.5 Å². The number of benzene rings is 2. The van der Waals surface area contributed by atoms with E-state index in [2.05, 4.69) is 64.9 Å². The fraction of sp³-hybridized carbons (Fsp3) is 0.462. The summed E-state index contributed by atoms with van der Waals surface area (Å²) in [6.07, 6.45) is 3.86. The van der Waals surface area contributed by atoms with E-state index in [4.69, 9.17) is 4.99 Å². The van der Waals surface area contributed by atoms with Crippen molar-refractivity contribution in [3.63, 3.8) is 0 Å². The van der Waals surface area contributed by atoms with Crippen LogP contribution in [0.2, 0.25) is 0 Å². The molecule has 2 aliphatic heterocycles. The number of likely N-dealkylation sites (tertiary alicyclic amines) is 1. The van der Waals surface area contributed by atoms with Gasteiger partial charge in [-0.3, -0.25) is 9.69 Å². The Morgan fingerprint density at radius 3 is 2.41 bits per heavy atom. The standard InChI is InChI=1S/C26H35N5O/c1-2-27-26(28-19-21-10-12-24(13-11-21)31-16-6-9-25(31)32)29-23-14-17-30(18-15-23)20-22-7-4-3-5-8-22/h3-5,7-8,10-13,23H,2,6,9,14-20H2,1H3,(H2,27,28,29). The average Bonchev–Trinajstić information content (AvgIpc) is 3.26. The third-order valence-electron chi connectivity index (χ3n) is 6.26. The van der Waals surface area contributed by atoms with Crippen LogP contribution in [0.1, 0.15) is 43.7 Å². The van der Waals surface area contributed by atoms with Crippen molar-refractivity contribution in [2.75, 3.05) is 31.1 Å². The molecule has 2 saturated heterocycles. The number of amides is 1. The lowest BCUT2D eigenvalue weighted by Crippen LogP contribution is -2.48. The summed E-state index contributed by atoms with van der Waals surface area (Å²) >= 11 is 0. The minimum atomic E-state index is 0.226. The molecule has 2 fully saturated rings. The number of piperidine rings is 1. The number of anilines is 1. The molecule has 2 aromatic rings. The zero-order valence-corrected chi connectivity index (χ0v) is 19.1. The highest BCUT2D eigenvalue weighted by molar-refractivity contribution is 5.95. The van der Waals surface area contributed by atoms with Crippen LogP contribution in [-0.4, -0.2) is 49.0 Å². The number of hydrogen-bond donors (Lipinski definition) is 2. The van der Waals surface area contributed by atoms with Crippen molar-refractivity contribution >= 4 is 17.6 Å². The molecule has 170 valence electrons. The summed E-state index contributed by atoms with van der Waals surface area (Å²) in [5, 5.41) is 7.02. The van der Waals surface area contributed by atoms with E-state index in [9.17, 15) is 4.79 Å². The van der Waals surface area contributed by atoms with Crippen molar-refractivity contribution in [1.82, 2.24) is 15.5 Å². The second kappa shape index (κ2) is 11.1. The molecular weight excluding hydrogens is 398 g/mol. The predicted molar refractivity (Wildman–Crippen MR) is 131 cm³/mol. The van der Waals surface area contributed by atoms with Gasteiger partial charge in [0, 0.05) is 50.9 Å². The highest BCUT2D eigenvalue weighted by Gasteiger charge is 2.22. The maximum Gasteiger partial charge on any atom is 0.227 e. The Balaban J connectivity index is 1.27. The van der Waals surface area contributed by atoms with E-state index in [0.29, 0.717) is 19.0 Å².